The molecule has 0 radical (unpaired) electrons. The summed E-state index contributed by atoms with van der Waals surface area (Å²) in [6.45, 7) is 9.77. The molecule has 20 heavy (non-hydrogen) atoms. The van der Waals surface area contributed by atoms with Gasteiger partial charge in [0.05, 0.1) is 0 Å². The third-order valence-electron chi connectivity index (χ3n) is 5.06. The number of carbonyl (C=O) groups excluding carboxylic acids is 1. The summed E-state index contributed by atoms with van der Waals surface area (Å²) in [7, 11) is 4.03. The molecule has 1 aliphatic carbocycles. The number of likely N-dealkylation sites (N-methyl/N-ethyl adjacent to an activating group) is 1. The van der Waals surface area contributed by atoms with Gasteiger partial charge in [0.1, 0.15) is 0 Å². The van der Waals surface area contributed by atoms with Crippen molar-refractivity contribution in [3.8, 4) is 0 Å². The third kappa shape index (κ3) is 3.43. The van der Waals surface area contributed by atoms with Crippen molar-refractivity contribution in [1.82, 2.24) is 9.80 Å². The van der Waals surface area contributed by atoms with E-state index < -0.39 is 0 Å². The zero-order valence-electron chi connectivity index (χ0n) is 13.8. The van der Waals surface area contributed by atoms with Crippen LogP contribution >= 0.6 is 0 Å². The number of rotatable bonds is 3. The van der Waals surface area contributed by atoms with E-state index in [4.69, 9.17) is 0 Å². The second-order valence-electron chi connectivity index (χ2n) is 8.15. The van der Waals surface area contributed by atoms with Crippen LogP contribution in [0, 0.1) is 16.7 Å². The van der Waals surface area contributed by atoms with Crippen molar-refractivity contribution in [2.45, 2.75) is 40.0 Å². The monoisotopic (exact) mass is 278 g/mol. The number of likely N-dealkylation sites (tertiary alicyclic amines) is 1. The summed E-state index contributed by atoms with van der Waals surface area (Å²) in [6, 6.07) is 0. The van der Waals surface area contributed by atoms with Gasteiger partial charge in [-0.05, 0) is 50.1 Å². The van der Waals surface area contributed by atoms with Crippen molar-refractivity contribution in [3.63, 3.8) is 0 Å². The van der Waals surface area contributed by atoms with Gasteiger partial charge in [0.25, 0.3) is 0 Å². The lowest BCUT2D eigenvalue weighted by Gasteiger charge is -2.51. The van der Waals surface area contributed by atoms with Crippen LogP contribution in [0.1, 0.15) is 40.0 Å². The topological polar surface area (TPSA) is 23.6 Å². The molecule has 3 heteroatoms. The van der Waals surface area contributed by atoms with E-state index in [-0.39, 0.29) is 5.91 Å². The molecule has 1 heterocycles. The van der Waals surface area contributed by atoms with E-state index in [1.54, 1.807) is 6.08 Å². The van der Waals surface area contributed by atoms with Crippen LogP contribution in [0.3, 0.4) is 0 Å². The summed E-state index contributed by atoms with van der Waals surface area (Å²) in [5.41, 5.74) is 0.872. The SMILES string of the molecule is CN(C)C/C=C/C(=O)N1CCC2(CC(C(C)(C)C)C2)C1. The van der Waals surface area contributed by atoms with Gasteiger partial charge in [-0.25, -0.2) is 0 Å². The summed E-state index contributed by atoms with van der Waals surface area (Å²) < 4.78 is 0. The molecule has 1 spiro atoms. The Labute approximate surface area is 124 Å². The van der Waals surface area contributed by atoms with Crippen molar-refractivity contribution >= 4 is 5.91 Å². The second-order valence-corrected chi connectivity index (χ2v) is 8.15. The Balaban J connectivity index is 1.82. The Morgan fingerprint density at radius 3 is 2.55 bits per heavy atom. The van der Waals surface area contributed by atoms with Gasteiger partial charge in [-0.2, -0.15) is 0 Å². The molecule has 0 aromatic carbocycles. The summed E-state index contributed by atoms with van der Waals surface area (Å²) in [4.78, 5) is 16.3. The number of nitrogens with zero attached hydrogens (tertiary/aromatic N) is 2. The molecule has 0 aromatic rings. The number of amides is 1. The minimum atomic E-state index is 0.197. The van der Waals surface area contributed by atoms with Gasteiger partial charge >= 0.3 is 0 Å². The van der Waals surface area contributed by atoms with E-state index >= 15 is 0 Å². The highest BCUT2D eigenvalue weighted by Crippen LogP contribution is 2.57. The predicted molar refractivity (Wildman–Crippen MR) is 83.5 cm³/mol. The number of carbonyl (C=O) groups is 1. The molecule has 0 unspecified atom stereocenters. The first-order valence-corrected chi connectivity index (χ1v) is 7.82. The van der Waals surface area contributed by atoms with Crippen LogP contribution in [-0.4, -0.2) is 49.4 Å². The Morgan fingerprint density at radius 2 is 2.00 bits per heavy atom. The highest BCUT2D eigenvalue weighted by molar-refractivity contribution is 5.87. The molecule has 1 saturated heterocycles. The zero-order valence-corrected chi connectivity index (χ0v) is 13.8. The lowest BCUT2D eigenvalue weighted by molar-refractivity contribution is -0.126. The van der Waals surface area contributed by atoms with Crippen molar-refractivity contribution in [3.05, 3.63) is 12.2 Å². The molecule has 2 fully saturated rings. The van der Waals surface area contributed by atoms with E-state index in [9.17, 15) is 4.79 Å². The zero-order chi connectivity index (χ0) is 15.0. The lowest BCUT2D eigenvalue weighted by atomic mass is 9.54. The average molecular weight is 278 g/mol. The van der Waals surface area contributed by atoms with Gasteiger partial charge in [0.2, 0.25) is 5.91 Å². The van der Waals surface area contributed by atoms with Crippen LogP contribution in [0.2, 0.25) is 0 Å². The van der Waals surface area contributed by atoms with Crippen LogP contribution in [0.15, 0.2) is 12.2 Å². The van der Waals surface area contributed by atoms with Crippen molar-refractivity contribution in [2.24, 2.45) is 16.7 Å². The smallest absolute Gasteiger partial charge is 0.246 e. The van der Waals surface area contributed by atoms with Crippen LogP contribution in [0.5, 0.6) is 0 Å². The summed E-state index contributed by atoms with van der Waals surface area (Å²) in [5, 5.41) is 0. The Bertz CT molecular complexity index is 386. The van der Waals surface area contributed by atoms with Gasteiger partial charge in [-0.1, -0.05) is 26.8 Å². The fraction of sp³-hybridized carbons (Fsp3) is 0.824. The van der Waals surface area contributed by atoms with Crippen LogP contribution in [-0.2, 0) is 4.79 Å². The normalized spacial score (nSPS) is 30.5. The molecular formula is C17H30N2O. The van der Waals surface area contributed by atoms with Gasteiger partial charge in [-0.15, -0.1) is 0 Å². The highest BCUT2D eigenvalue weighted by Gasteiger charge is 2.51. The minimum absolute atomic E-state index is 0.197. The van der Waals surface area contributed by atoms with Gasteiger partial charge in [0, 0.05) is 25.7 Å². The van der Waals surface area contributed by atoms with Crippen LogP contribution < -0.4 is 0 Å². The molecule has 1 amide bonds. The average Bonchev–Trinajstić information content (AvgIpc) is 2.70. The number of hydrogen-bond acceptors (Lipinski definition) is 2. The first kappa shape index (κ1) is 15.6. The standard InChI is InChI=1S/C17H30N2O/c1-16(2,3)14-11-17(12-14)8-10-19(13-17)15(20)7-6-9-18(4)5/h6-7,14H,8-13H2,1-5H3/b7-6+. The van der Waals surface area contributed by atoms with E-state index in [1.165, 1.54) is 19.3 Å². The molecule has 0 bridgehead atoms. The third-order valence-corrected chi connectivity index (χ3v) is 5.06. The maximum Gasteiger partial charge on any atom is 0.246 e. The van der Waals surface area contributed by atoms with E-state index in [0.717, 1.165) is 25.6 Å². The molecule has 2 aliphatic rings. The highest BCUT2D eigenvalue weighted by atomic mass is 16.2. The van der Waals surface area contributed by atoms with Crippen LogP contribution in [0.4, 0.5) is 0 Å². The second kappa shape index (κ2) is 5.51. The quantitative estimate of drug-likeness (QED) is 0.741. The Morgan fingerprint density at radius 1 is 1.35 bits per heavy atom. The molecule has 0 N–H and O–H groups in total. The van der Waals surface area contributed by atoms with E-state index in [2.05, 4.69) is 25.7 Å². The van der Waals surface area contributed by atoms with E-state index in [0.29, 0.717) is 10.8 Å². The lowest BCUT2D eigenvalue weighted by Crippen LogP contribution is -2.45. The fourth-order valence-electron chi connectivity index (χ4n) is 3.52. The van der Waals surface area contributed by atoms with Gasteiger partial charge in [-0.3, -0.25) is 4.79 Å². The maximum absolute atomic E-state index is 12.2. The summed E-state index contributed by atoms with van der Waals surface area (Å²) in [6.07, 6.45) is 7.53. The molecule has 1 saturated carbocycles. The maximum atomic E-state index is 12.2. The molecule has 3 nitrogen and oxygen atoms in total. The minimum Gasteiger partial charge on any atom is -0.339 e. The van der Waals surface area contributed by atoms with Crippen molar-refractivity contribution in [1.29, 1.82) is 0 Å². The predicted octanol–water partition coefficient (Wildman–Crippen LogP) is 2.78. The fourth-order valence-corrected chi connectivity index (χ4v) is 3.52. The molecule has 114 valence electrons. The summed E-state index contributed by atoms with van der Waals surface area (Å²) >= 11 is 0. The van der Waals surface area contributed by atoms with Crippen molar-refractivity contribution < 1.29 is 4.79 Å². The molecule has 0 atom stereocenters. The largest absolute Gasteiger partial charge is 0.339 e. The van der Waals surface area contributed by atoms with Crippen LogP contribution in [0.25, 0.3) is 0 Å². The number of hydrogen-bond donors (Lipinski definition) is 0. The Kier molecular flexibility index (Phi) is 4.29. The van der Waals surface area contributed by atoms with E-state index in [1.807, 2.05) is 25.1 Å². The Hall–Kier alpha value is -0.830. The van der Waals surface area contributed by atoms with Gasteiger partial charge in [0.15, 0.2) is 0 Å². The van der Waals surface area contributed by atoms with Crippen molar-refractivity contribution in [2.75, 3.05) is 33.7 Å². The molecule has 1 aliphatic heterocycles. The van der Waals surface area contributed by atoms with Gasteiger partial charge < -0.3 is 9.80 Å². The first-order chi connectivity index (χ1) is 9.22. The molecule has 0 aromatic heterocycles. The first-order valence-electron chi connectivity index (χ1n) is 7.82. The molecular weight excluding hydrogens is 248 g/mol. The summed E-state index contributed by atoms with van der Waals surface area (Å²) in [5.74, 6) is 1.03. The molecule has 2 rings (SSSR count).